The lowest BCUT2D eigenvalue weighted by Crippen LogP contribution is -2.25. The van der Waals surface area contributed by atoms with Gasteiger partial charge in [0, 0.05) is 18.6 Å². The van der Waals surface area contributed by atoms with Gasteiger partial charge in [-0.1, -0.05) is 0 Å². The van der Waals surface area contributed by atoms with Gasteiger partial charge in [-0.25, -0.2) is 0 Å². The summed E-state index contributed by atoms with van der Waals surface area (Å²) in [5.74, 6) is 0.239. The maximum absolute atomic E-state index is 11.0. The molecule has 11 heavy (non-hydrogen) atoms. The summed E-state index contributed by atoms with van der Waals surface area (Å²) >= 11 is 5.37. The molecule has 1 rings (SSSR count). The summed E-state index contributed by atoms with van der Waals surface area (Å²) < 4.78 is 0. The molecule has 0 aliphatic rings. The van der Waals surface area contributed by atoms with Gasteiger partial charge >= 0.3 is 0 Å². The van der Waals surface area contributed by atoms with Gasteiger partial charge in [0.2, 0.25) is 0 Å². The molecule has 5 heteroatoms. The topological polar surface area (TPSA) is 57.8 Å². The van der Waals surface area contributed by atoms with Gasteiger partial charge in [0.05, 0.1) is 0 Å². The van der Waals surface area contributed by atoms with Crippen LogP contribution >= 0.6 is 11.6 Å². The van der Waals surface area contributed by atoms with E-state index in [9.17, 15) is 4.79 Å². The molecule has 1 amide bonds. The minimum Gasteiger partial charge on any atom is -0.350 e. The Labute approximate surface area is 68.9 Å². The highest BCUT2D eigenvalue weighted by Gasteiger charge is 2.03. The average molecular weight is 174 g/mol. The van der Waals surface area contributed by atoms with Gasteiger partial charge < -0.3 is 5.32 Å². The van der Waals surface area contributed by atoms with E-state index in [-0.39, 0.29) is 5.91 Å². The Hall–Kier alpha value is -1.03. The number of halogens is 1. The number of amides is 1. The largest absolute Gasteiger partial charge is 0.350 e. The Bertz CT molecular complexity index is 222. The molecule has 1 aromatic heterocycles. The predicted octanol–water partition coefficient (Wildman–Crippen LogP) is 0.378. The lowest BCUT2D eigenvalue weighted by Gasteiger charge is -1.97. The molecule has 0 aliphatic carbocycles. The lowest BCUT2D eigenvalue weighted by atomic mass is 10.4. The quantitative estimate of drug-likeness (QED) is 0.650. The zero-order valence-electron chi connectivity index (χ0n) is 5.80. The molecule has 0 aromatic carbocycles. The first-order valence-electron chi connectivity index (χ1n) is 3.18. The maximum Gasteiger partial charge on any atom is 0.269 e. The summed E-state index contributed by atoms with van der Waals surface area (Å²) in [6.07, 6.45) is 1.52. The number of rotatable bonds is 3. The Morgan fingerprint density at radius 3 is 3.18 bits per heavy atom. The molecule has 4 nitrogen and oxygen atoms in total. The van der Waals surface area contributed by atoms with Crippen LogP contribution in [0.25, 0.3) is 0 Å². The second kappa shape index (κ2) is 3.98. The van der Waals surface area contributed by atoms with Gasteiger partial charge in [0.25, 0.3) is 5.91 Å². The van der Waals surface area contributed by atoms with Gasteiger partial charge in [-0.2, -0.15) is 5.10 Å². The molecule has 1 aromatic rings. The van der Waals surface area contributed by atoms with Crippen LogP contribution in [0.4, 0.5) is 0 Å². The van der Waals surface area contributed by atoms with Gasteiger partial charge in [-0.3, -0.25) is 9.89 Å². The first-order valence-corrected chi connectivity index (χ1v) is 3.71. The molecule has 1 heterocycles. The highest BCUT2D eigenvalue weighted by Crippen LogP contribution is 1.89. The SMILES string of the molecule is O=C(NCCCl)c1ccn[nH]1. The molecule has 0 saturated carbocycles. The minimum atomic E-state index is -0.178. The fourth-order valence-corrected chi connectivity index (χ4v) is 0.733. The van der Waals surface area contributed by atoms with E-state index in [1.165, 1.54) is 6.20 Å². The fraction of sp³-hybridized carbons (Fsp3) is 0.333. The van der Waals surface area contributed by atoms with Crippen LogP contribution in [0.2, 0.25) is 0 Å². The van der Waals surface area contributed by atoms with Crippen molar-refractivity contribution in [3.63, 3.8) is 0 Å². The molecular weight excluding hydrogens is 166 g/mol. The van der Waals surface area contributed by atoms with Crippen LogP contribution in [-0.4, -0.2) is 28.5 Å². The number of nitrogens with one attached hydrogen (secondary N) is 2. The van der Waals surface area contributed by atoms with Crippen molar-refractivity contribution in [3.05, 3.63) is 18.0 Å². The van der Waals surface area contributed by atoms with E-state index in [1.54, 1.807) is 6.07 Å². The smallest absolute Gasteiger partial charge is 0.269 e. The monoisotopic (exact) mass is 173 g/mol. The van der Waals surface area contributed by atoms with Crippen molar-refractivity contribution in [2.45, 2.75) is 0 Å². The van der Waals surface area contributed by atoms with E-state index in [4.69, 9.17) is 11.6 Å². The number of carbonyl (C=O) groups excluding carboxylic acids is 1. The summed E-state index contributed by atoms with van der Waals surface area (Å²) in [6, 6.07) is 1.60. The Morgan fingerprint density at radius 2 is 2.64 bits per heavy atom. The molecule has 0 bridgehead atoms. The molecule has 0 unspecified atom stereocenters. The standard InChI is InChI=1S/C6H8ClN3O/c7-2-4-8-6(11)5-1-3-9-10-5/h1,3H,2,4H2,(H,8,11)(H,9,10). The van der Waals surface area contributed by atoms with Gasteiger partial charge in [0.15, 0.2) is 0 Å². The Balaban J connectivity index is 2.43. The number of aromatic amines is 1. The molecule has 0 aliphatic heterocycles. The van der Waals surface area contributed by atoms with Crippen LogP contribution in [0.5, 0.6) is 0 Å². The van der Waals surface area contributed by atoms with Crippen molar-refractivity contribution in [3.8, 4) is 0 Å². The van der Waals surface area contributed by atoms with Crippen molar-refractivity contribution in [1.82, 2.24) is 15.5 Å². The molecule has 0 fully saturated rings. The number of H-pyrrole nitrogens is 1. The molecular formula is C6H8ClN3O. The highest BCUT2D eigenvalue weighted by molar-refractivity contribution is 6.18. The number of nitrogens with zero attached hydrogens (tertiary/aromatic N) is 1. The molecule has 0 spiro atoms. The fourth-order valence-electron chi connectivity index (χ4n) is 0.638. The summed E-state index contributed by atoms with van der Waals surface area (Å²) in [7, 11) is 0. The number of carbonyl (C=O) groups is 1. The summed E-state index contributed by atoms with van der Waals surface area (Å²) in [4.78, 5) is 11.0. The van der Waals surface area contributed by atoms with Crippen molar-refractivity contribution >= 4 is 17.5 Å². The molecule has 0 atom stereocenters. The van der Waals surface area contributed by atoms with Crippen LogP contribution < -0.4 is 5.32 Å². The third-order valence-electron chi connectivity index (χ3n) is 1.13. The number of aromatic nitrogens is 2. The van der Waals surface area contributed by atoms with E-state index in [2.05, 4.69) is 15.5 Å². The van der Waals surface area contributed by atoms with E-state index in [1.807, 2.05) is 0 Å². The summed E-state index contributed by atoms with van der Waals surface area (Å²) in [5, 5.41) is 8.77. The van der Waals surface area contributed by atoms with Gasteiger partial charge in [0.1, 0.15) is 5.69 Å². The normalized spacial score (nSPS) is 9.55. The predicted molar refractivity (Wildman–Crippen MR) is 41.6 cm³/mol. The van der Waals surface area contributed by atoms with E-state index in [0.29, 0.717) is 18.1 Å². The molecule has 0 radical (unpaired) electrons. The maximum atomic E-state index is 11.0. The van der Waals surface area contributed by atoms with E-state index in [0.717, 1.165) is 0 Å². The molecule has 0 saturated heterocycles. The van der Waals surface area contributed by atoms with Gasteiger partial charge in [-0.05, 0) is 6.07 Å². The average Bonchev–Trinajstić information content (AvgIpc) is 2.52. The Kier molecular flexibility index (Phi) is 2.92. The van der Waals surface area contributed by atoms with Crippen LogP contribution in [-0.2, 0) is 0 Å². The minimum absolute atomic E-state index is 0.178. The second-order valence-corrected chi connectivity index (χ2v) is 2.29. The lowest BCUT2D eigenvalue weighted by molar-refractivity contribution is 0.0951. The zero-order chi connectivity index (χ0) is 8.10. The van der Waals surface area contributed by atoms with Crippen molar-refractivity contribution in [2.75, 3.05) is 12.4 Å². The van der Waals surface area contributed by atoms with Gasteiger partial charge in [-0.15, -0.1) is 11.6 Å². The van der Waals surface area contributed by atoms with Crippen molar-refractivity contribution < 1.29 is 4.79 Å². The van der Waals surface area contributed by atoms with Crippen molar-refractivity contribution in [1.29, 1.82) is 0 Å². The molecule has 60 valence electrons. The number of hydrogen-bond acceptors (Lipinski definition) is 2. The Morgan fingerprint density at radius 1 is 1.82 bits per heavy atom. The molecule has 2 N–H and O–H groups in total. The third-order valence-corrected chi connectivity index (χ3v) is 1.31. The first kappa shape index (κ1) is 8.07. The van der Waals surface area contributed by atoms with Crippen LogP contribution in [0.15, 0.2) is 12.3 Å². The number of hydrogen-bond donors (Lipinski definition) is 2. The highest BCUT2D eigenvalue weighted by atomic mass is 35.5. The van der Waals surface area contributed by atoms with Crippen molar-refractivity contribution in [2.24, 2.45) is 0 Å². The van der Waals surface area contributed by atoms with Crippen LogP contribution in [0.3, 0.4) is 0 Å². The van der Waals surface area contributed by atoms with E-state index < -0.39 is 0 Å². The van der Waals surface area contributed by atoms with E-state index >= 15 is 0 Å². The summed E-state index contributed by atoms with van der Waals surface area (Å²) in [5.41, 5.74) is 0.454. The number of alkyl halides is 1. The van der Waals surface area contributed by atoms with Crippen LogP contribution in [0, 0.1) is 0 Å². The third kappa shape index (κ3) is 2.23. The second-order valence-electron chi connectivity index (χ2n) is 1.92. The first-order chi connectivity index (χ1) is 5.34. The summed E-state index contributed by atoms with van der Waals surface area (Å²) in [6.45, 7) is 0.472. The van der Waals surface area contributed by atoms with Crippen LogP contribution in [0.1, 0.15) is 10.5 Å². The zero-order valence-corrected chi connectivity index (χ0v) is 6.56.